The van der Waals surface area contributed by atoms with Crippen LogP contribution in [0.15, 0.2) is 12.1 Å². The maximum absolute atomic E-state index is 13.4. The quantitative estimate of drug-likeness (QED) is 0.564. The summed E-state index contributed by atoms with van der Waals surface area (Å²) >= 11 is 0. The maximum Gasteiger partial charge on any atom is 0.340 e. The fraction of sp³-hybridized carbons (Fsp3) is 0.529. The molecular formula is C17H23N2O6P. The number of hydrogen-bond donors (Lipinski definition) is 0. The minimum absolute atomic E-state index is 0.0902. The topological polar surface area (TPSA) is 111 Å². The van der Waals surface area contributed by atoms with Crippen molar-refractivity contribution in [2.45, 2.75) is 19.5 Å². The highest BCUT2D eigenvalue weighted by atomic mass is 31.2. The van der Waals surface area contributed by atoms with Crippen LogP contribution in [0.4, 0.5) is 0 Å². The summed E-state index contributed by atoms with van der Waals surface area (Å²) in [6, 6.07) is 6.80. The van der Waals surface area contributed by atoms with Crippen LogP contribution in [-0.4, -0.2) is 34.5 Å². The van der Waals surface area contributed by atoms with E-state index in [9.17, 15) is 15.1 Å². The maximum atomic E-state index is 13.4. The van der Waals surface area contributed by atoms with E-state index in [4.69, 9.17) is 23.3 Å². The number of ether oxygens (including phenoxy) is 3. The van der Waals surface area contributed by atoms with E-state index in [0.717, 1.165) is 0 Å². The molecule has 0 amide bonds. The van der Waals surface area contributed by atoms with Crippen molar-refractivity contribution in [2.75, 3.05) is 34.5 Å². The van der Waals surface area contributed by atoms with E-state index >= 15 is 0 Å². The SMILES string of the molecule is CCOP(=O)(OCC)C(c1cc(OC)c(OC)cc1OC)C(C#N)C#N. The van der Waals surface area contributed by atoms with Crippen LogP contribution in [-0.2, 0) is 13.6 Å². The Kier molecular flexibility index (Phi) is 8.41. The zero-order valence-electron chi connectivity index (χ0n) is 15.5. The first-order chi connectivity index (χ1) is 12.5. The number of nitriles is 2. The molecule has 0 saturated carbocycles. The summed E-state index contributed by atoms with van der Waals surface area (Å²) in [6.45, 7) is 3.49. The molecule has 0 fully saturated rings. The molecule has 0 aliphatic rings. The lowest BCUT2D eigenvalue weighted by Crippen LogP contribution is -2.16. The van der Waals surface area contributed by atoms with Gasteiger partial charge in [-0.15, -0.1) is 0 Å². The van der Waals surface area contributed by atoms with Gasteiger partial charge in [0.1, 0.15) is 11.4 Å². The van der Waals surface area contributed by atoms with E-state index in [1.54, 1.807) is 13.8 Å². The highest BCUT2D eigenvalue weighted by Gasteiger charge is 2.45. The first-order valence-electron chi connectivity index (χ1n) is 7.94. The molecule has 0 radical (unpaired) electrons. The third-order valence-electron chi connectivity index (χ3n) is 3.61. The van der Waals surface area contributed by atoms with E-state index in [-0.39, 0.29) is 19.0 Å². The third-order valence-corrected chi connectivity index (χ3v) is 6.10. The summed E-state index contributed by atoms with van der Waals surface area (Å²) in [5, 5.41) is 18.9. The minimum atomic E-state index is -3.86. The van der Waals surface area contributed by atoms with E-state index in [0.29, 0.717) is 17.1 Å². The molecule has 0 aliphatic heterocycles. The number of benzene rings is 1. The summed E-state index contributed by atoms with van der Waals surface area (Å²) in [4.78, 5) is 0. The Morgan fingerprint density at radius 3 is 1.77 bits per heavy atom. The number of hydrogen-bond acceptors (Lipinski definition) is 8. The van der Waals surface area contributed by atoms with Gasteiger partial charge < -0.3 is 23.3 Å². The summed E-state index contributed by atoms with van der Waals surface area (Å²) in [5.74, 6) is -0.281. The second-order valence-corrected chi connectivity index (χ2v) is 7.16. The summed E-state index contributed by atoms with van der Waals surface area (Å²) in [7, 11) is 0.472. The molecule has 1 aromatic rings. The van der Waals surface area contributed by atoms with Crippen molar-refractivity contribution in [3.63, 3.8) is 0 Å². The van der Waals surface area contributed by atoms with E-state index in [2.05, 4.69) is 0 Å². The highest BCUT2D eigenvalue weighted by Crippen LogP contribution is 2.65. The summed E-state index contributed by atoms with van der Waals surface area (Å²) < 4.78 is 40.1. The third kappa shape index (κ3) is 4.47. The molecule has 0 saturated heterocycles. The lowest BCUT2D eigenvalue weighted by molar-refractivity contribution is 0.209. The average molecular weight is 382 g/mol. The van der Waals surface area contributed by atoms with Crippen LogP contribution < -0.4 is 14.2 Å². The fourth-order valence-corrected chi connectivity index (χ4v) is 4.70. The van der Waals surface area contributed by atoms with Gasteiger partial charge in [0.25, 0.3) is 0 Å². The summed E-state index contributed by atoms with van der Waals surface area (Å²) in [5.41, 5.74) is -0.865. The van der Waals surface area contributed by atoms with Crippen LogP contribution in [0.25, 0.3) is 0 Å². The van der Waals surface area contributed by atoms with Crippen LogP contribution in [0.2, 0.25) is 0 Å². The van der Waals surface area contributed by atoms with Crippen molar-refractivity contribution in [1.82, 2.24) is 0 Å². The molecule has 26 heavy (non-hydrogen) atoms. The van der Waals surface area contributed by atoms with Crippen LogP contribution in [0, 0.1) is 28.6 Å². The van der Waals surface area contributed by atoms with Crippen molar-refractivity contribution < 1.29 is 27.8 Å². The lowest BCUT2D eigenvalue weighted by Gasteiger charge is -2.28. The Bertz CT molecular complexity index is 716. The van der Waals surface area contributed by atoms with Crippen molar-refractivity contribution in [3.05, 3.63) is 17.7 Å². The molecule has 142 valence electrons. The number of rotatable bonds is 10. The zero-order valence-corrected chi connectivity index (χ0v) is 16.4. The van der Waals surface area contributed by atoms with Gasteiger partial charge in [0.2, 0.25) is 0 Å². The Hall–Kier alpha value is -2.25. The Morgan fingerprint density at radius 1 is 0.923 bits per heavy atom. The number of methoxy groups -OCH3 is 3. The molecule has 0 aromatic heterocycles. The van der Waals surface area contributed by atoms with Crippen molar-refractivity contribution in [2.24, 2.45) is 5.92 Å². The molecule has 0 N–H and O–H groups in total. The standard InChI is InChI=1S/C17H23N2O6P/c1-6-24-26(20,25-7-2)17(12(10-18)11-19)13-8-15(22-4)16(23-5)9-14(13)21-3/h8-9,12,17H,6-7H2,1-5H3. The second kappa shape index (κ2) is 10.0. The molecule has 1 rings (SSSR count). The van der Waals surface area contributed by atoms with E-state index < -0.39 is 19.2 Å². The molecule has 8 nitrogen and oxygen atoms in total. The summed E-state index contributed by atoms with van der Waals surface area (Å²) in [6.07, 6.45) is 0. The number of nitrogens with zero attached hydrogens (tertiary/aromatic N) is 2. The van der Waals surface area contributed by atoms with Gasteiger partial charge in [-0.1, -0.05) is 0 Å². The predicted octanol–water partition coefficient (Wildman–Crippen LogP) is 3.68. The van der Waals surface area contributed by atoms with Gasteiger partial charge in [0.05, 0.1) is 46.7 Å². The van der Waals surface area contributed by atoms with E-state index in [1.807, 2.05) is 12.1 Å². The predicted molar refractivity (Wildman–Crippen MR) is 94.4 cm³/mol. The van der Waals surface area contributed by atoms with Gasteiger partial charge in [-0.05, 0) is 19.9 Å². The van der Waals surface area contributed by atoms with Gasteiger partial charge in [-0.25, -0.2) is 0 Å². The molecule has 0 spiro atoms. The van der Waals surface area contributed by atoms with Crippen LogP contribution in [0.3, 0.4) is 0 Å². The molecule has 1 atom stereocenters. The largest absolute Gasteiger partial charge is 0.496 e. The van der Waals surface area contributed by atoms with Crippen LogP contribution in [0.1, 0.15) is 25.1 Å². The highest BCUT2D eigenvalue weighted by molar-refractivity contribution is 7.54. The minimum Gasteiger partial charge on any atom is -0.496 e. The van der Waals surface area contributed by atoms with Gasteiger partial charge in [-0.2, -0.15) is 10.5 Å². The van der Waals surface area contributed by atoms with Crippen molar-refractivity contribution in [1.29, 1.82) is 10.5 Å². The Morgan fingerprint density at radius 2 is 1.38 bits per heavy atom. The van der Waals surface area contributed by atoms with Gasteiger partial charge in [0, 0.05) is 11.6 Å². The molecule has 9 heteroatoms. The molecule has 1 aromatic carbocycles. The first-order valence-corrected chi connectivity index (χ1v) is 9.55. The van der Waals surface area contributed by atoms with E-state index in [1.165, 1.54) is 33.5 Å². The normalized spacial score (nSPS) is 12.2. The fourth-order valence-electron chi connectivity index (χ4n) is 2.54. The first kappa shape index (κ1) is 21.8. The Balaban J connectivity index is 3.75. The van der Waals surface area contributed by atoms with Crippen LogP contribution in [0.5, 0.6) is 17.2 Å². The van der Waals surface area contributed by atoms with Gasteiger partial charge in [-0.3, -0.25) is 4.57 Å². The van der Waals surface area contributed by atoms with Gasteiger partial charge >= 0.3 is 7.60 Å². The molecule has 0 bridgehead atoms. The van der Waals surface area contributed by atoms with Crippen LogP contribution >= 0.6 is 7.60 Å². The molecule has 0 aliphatic carbocycles. The van der Waals surface area contributed by atoms with Crippen molar-refractivity contribution >= 4 is 7.60 Å². The monoisotopic (exact) mass is 382 g/mol. The van der Waals surface area contributed by atoms with Gasteiger partial charge in [0.15, 0.2) is 17.4 Å². The molecule has 1 unspecified atom stereocenters. The molecular weight excluding hydrogens is 359 g/mol. The smallest absolute Gasteiger partial charge is 0.340 e. The second-order valence-electron chi connectivity index (χ2n) is 5.01. The zero-order chi connectivity index (χ0) is 19.7. The molecule has 0 heterocycles. The lowest BCUT2D eigenvalue weighted by atomic mass is 9.99. The average Bonchev–Trinajstić information content (AvgIpc) is 2.65. The Labute approximate surface area is 153 Å². The van der Waals surface area contributed by atoms with Crippen molar-refractivity contribution in [3.8, 4) is 29.4 Å².